The lowest BCUT2D eigenvalue weighted by atomic mass is 10.2. The van der Waals surface area contributed by atoms with Crippen LogP contribution in [0.4, 0.5) is 18.0 Å². The summed E-state index contributed by atoms with van der Waals surface area (Å²) < 4.78 is 39.8. The van der Waals surface area contributed by atoms with E-state index in [4.69, 9.17) is 0 Å². The van der Waals surface area contributed by atoms with Gasteiger partial charge in [-0.1, -0.05) is 0 Å². The first-order valence-electron chi connectivity index (χ1n) is 7.98. The highest BCUT2D eigenvalue weighted by molar-refractivity contribution is 7.09. The van der Waals surface area contributed by atoms with Crippen LogP contribution in [0, 0.1) is 6.92 Å². The molecule has 25 heavy (non-hydrogen) atoms. The van der Waals surface area contributed by atoms with Crippen molar-refractivity contribution in [3.05, 3.63) is 45.7 Å². The monoisotopic (exact) mass is 369 g/mol. The number of amides is 2. The van der Waals surface area contributed by atoms with Gasteiger partial charge >= 0.3 is 12.2 Å². The molecule has 0 saturated carbocycles. The van der Waals surface area contributed by atoms with Crippen LogP contribution in [-0.4, -0.2) is 28.1 Å². The van der Waals surface area contributed by atoms with Gasteiger partial charge in [0, 0.05) is 29.3 Å². The minimum atomic E-state index is -4.37. The molecule has 4 nitrogen and oxygen atoms in total. The standard InChI is InChI=1S/C17H18F3N3OS/c1-11-4-3-9-22(11)15(24)21-16-23(10-12(2)25-16)14-7-5-13(6-8-14)17(18,19)20/h5-8,10-11H,3-4,9H2,1-2H3/b21-16-. The van der Waals surface area contributed by atoms with Crippen molar-refractivity contribution in [3.63, 3.8) is 0 Å². The molecule has 1 fully saturated rings. The van der Waals surface area contributed by atoms with E-state index in [-0.39, 0.29) is 12.1 Å². The Labute approximate surface area is 147 Å². The molecule has 8 heteroatoms. The normalized spacial score (nSPS) is 18.8. The molecule has 2 aromatic rings. The number of carbonyl (C=O) groups is 1. The van der Waals surface area contributed by atoms with Crippen molar-refractivity contribution in [3.8, 4) is 5.69 Å². The third-order valence-electron chi connectivity index (χ3n) is 4.23. The van der Waals surface area contributed by atoms with E-state index in [9.17, 15) is 18.0 Å². The zero-order valence-electron chi connectivity index (χ0n) is 13.9. The molecule has 3 rings (SSSR count). The summed E-state index contributed by atoms with van der Waals surface area (Å²) in [5, 5.41) is 0. The van der Waals surface area contributed by atoms with E-state index in [1.54, 1.807) is 15.7 Å². The summed E-state index contributed by atoms with van der Waals surface area (Å²) in [4.78, 5) is 19.7. The molecule has 0 bridgehead atoms. The molecule has 2 amide bonds. The third kappa shape index (κ3) is 3.78. The number of likely N-dealkylation sites (tertiary alicyclic amines) is 1. The second-order valence-corrected chi connectivity index (χ2v) is 7.33. The van der Waals surface area contributed by atoms with Crippen LogP contribution in [0.25, 0.3) is 5.69 Å². The van der Waals surface area contributed by atoms with E-state index in [0.29, 0.717) is 17.0 Å². The highest BCUT2D eigenvalue weighted by atomic mass is 32.1. The lowest BCUT2D eigenvalue weighted by Crippen LogP contribution is -2.32. The van der Waals surface area contributed by atoms with Crippen LogP contribution < -0.4 is 4.80 Å². The van der Waals surface area contributed by atoms with Gasteiger partial charge in [-0.25, -0.2) is 4.79 Å². The number of hydrogen-bond acceptors (Lipinski definition) is 2. The number of hydrogen-bond donors (Lipinski definition) is 0. The fourth-order valence-corrected chi connectivity index (χ4v) is 3.72. The van der Waals surface area contributed by atoms with E-state index in [2.05, 4.69) is 4.99 Å². The average Bonchev–Trinajstić information content (AvgIpc) is 3.12. The van der Waals surface area contributed by atoms with Gasteiger partial charge in [0.1, 0.15) is 0 Å². The number of carbonyl (C=O) groups excluding carboxylic acids is 1. The summed E-state index contributed by atoms with van der Waals surface area (Å²) in [7, 11) is 0. The van der Waals surface area contributed by atoms with E-state index in [0.717, 1.165) is 29.9 Å². The molecular weight excluding hydrogens is 351 g/mol. The lowest BCUT2D eigenvalue weighted by molar-refractivity contribution is -0.137. The number of urea groups is 1. The summed E-state index contributed by atoms with van der Waals surface area (Å²) in [6.07, 6.45) is -0.677. The highest BCUT2D eigenvalue weighted by Crippen LogP contribution is 2.29. The Bertz CT molecular complexity index is 836. The van der Waals surface area contributed by atoms with Crippen molar-refractivity contribution >= 4 is 17.4 Å². The van der Waals surface area contributed by atoms with Crippen molar-refractivity contribution in [2.45, 2.75) is 38.9 Å². The Morgan fingerprint density at radius 2 is 1.96 bits per heavy atom. The predicted octanol–water partition coefficient (Wildman–Crippen LogP) is 4.37. The quantitative estimate of drug-likeness (QED) is 0.735. The topological polar surface area (TPSA) is 37.6 Å². The van der Waals surface area contributed by atoms with Gasteiger partial charge in [-0.2, -0.15) is 18.2 Å². The SMILES string of the molecule is Cc1cn(-c2ccc(C(F)(F)F)cc2)/c(=N/C(=O)N2CCCC2C)s1. The van der Waals surface area contributed by atoms with Crippen LogP contribution in [0.2, 0.25) is 0 Å². The van der Waals surface area contributed by atoms with E-state index < -0.39 is 11.7 Å². The number of rotatable bonds is 1. The molecule has 1 saturated heterocycles. The minimum Gasteiger partial charge on any atom is -0.320 e. The summed E-state index contributed by atoms with van der Waals surface area (Å²) in [5.41, 5.74) is -0.164. The molecule has 134 valence electrons. The molecule has 1 aromatic heterocycles. The van der Waals surface area contributed by atoms with Crippen molar-refractivity contribution in [1.29, 1.82) is 0 Å². The largest absolute Gasteiger partial charge is 0.416 e. The number of thiazole rings is 1. The summed E-state index contributed by atoms with van der Waals surface area (Å²) in [6, 6.07) is 4.70. The van der Waals surface area contributed by atoms with Gasteiger partial charge in [-0.15, -0.1) is 11.3 Å². The Hall–Kier alpha value is -2.09. The lowest BCUT2D eigenvalue weighted by Gasteiger charge is -2.18. The molecule has 1 aromatic carbocycles. The fourth-order valence-electron chi connectivity index (χ4n) is 2.89. The number of aromatic nitrogens is 1. The molecular formula is C17H18F3N3OS. The first-order chi connectivity index (χ1) is 11.8. The van der Waals surface area contributed by atoms with Crippen molar-refractivity contribution in [2.24, 2.45) is 4.99 Å². The Kier molecular flexibility index (Phi) is 4.73. The zero-order valence-corrected chi connectivity index (χ0v) is 14.7. The van der Waals surface area contributed by atoms with E-state index in [1.165, 1.54) is 23.5 Å². The molecule has 1 unspecified atom stereocenters. The Morgan fingerprint density at radius 1 is 1.28 bits per heavy atom. The number of benzene rings is 1. The number of halogens is 3. The summed E-state index contributed by atoms with van der Waals surface area (Å²) >= 11 is 1.33. The van der Waals surface area contributed by atoms with E-state index >= 15 is 0 Å². The number of nitrogens with zero attached hydrogens (tertiary/aromatic N) is 3. The first-order valence-corrected chi connectivity index (χ1v) is 8.79. The Balaban J connectivity index is 1.96. The van der Waals surface area contributed by atoms with Gasteiger partial charge in [0.05, 0.1) is 5.56 Å². The third-order valence-corrected chi connectivity index (χ3v) is 5.13. The average molecular weight is 369 g/mol. The first kappa shape index (κ1) is 17.7. The molecule has 0 spiro atoms. The number of aryl methyl sites for hydroxylation is 1. The minimum absolute atomic E-state index is 0.164. The number of alkyl halides is 3. The van der Waals surface area contributed by atoms with Crippen LogP contribution in [0.15, 0.2) is 35.5 Å². The van der Waals surface area contributed by atoms with Crippen molar-refractivity contribution in [1.82, 2.24) is 9.47 Å². The molecule has 1 aliphatic heterocycles. The fraction of sp³-hybridized carbons (Fsp3) is 0.412. The molecule has 0 N–H and O–H groups in total. The van der Waals surface area contributed by atoms with Gasteiger partial charge < -0.3 is 4.90 Å². The smallest absolute Gasteiger partial charge is 0.320 e. The van der Waals surface area contributed by atoms with Crippen LogP contribution >= 0.6 is 11.3 Å². The van der Waals surface area contributed by atoms with Crippen LogP contribution in [-0.2, 0) is 6.18 Å². The molecule has 1 aliphatic rings. The molecule has 1 atom stereocenters. The van der Waals surface area contributed by atoms with Crippen molar-refractivity contribution in [2.75, 3.05) is 6.54 Å². The predicted molar refractivity (Wildman–Crippen MR) is 89.7 cm³/mol. The zero-order chi connectivity index (χ0) is 18.2. The molecule has 0 radical (unpaired) electrons. The van der Waals surface area contributed by atoms with Gasteiger partial charge in [0.25, 0.3) is 0 Å². The van der Waals surface area contributed by atoms with Crippen LogP contribution in [0.3, 0.4) is 0 Å². The molecule has 0 aliphatic carbocycles. The van der Waals surface area contributed by atoms with Gasteiger partial charge in [0.15, 0.2) is 4.80 Å². The maximum atomic E-state index is 12.7. The van der Waals surface area contributed by atoms with E-state index in [1.807, 2.05) is 13.8 Å². The highest BCUT2D eigenvalue weighted by Gasteiger charge is 2.30. The van der Waals surface area contributed by atoms with Gasteiger partial charge in [-0.3, -0.25) is 4.57 Å². The Morgan fingerprint density at radius 3 is 2.52 bits per heavy atom. The van der Waals surface area contributed by atoms with Crippen molar-refractivity contribution < 1.29 is 18.0 Å². The van der Waals surface area contributed by atoms with Crippen LogP contribution in [0.1, 0.15) is 30.2 Å². The van der Waals surface area contributed by atoms with Gasteiger partial charge in [-0.05, 0) is 51.0 Å². The molecule has 2 heterocycles. The summed E-state index contributed by atoms with van der Waals surface area (Å²) in [6.45, 7) is 4.55. The maximum absolute atomic E-state index is 12.7. The summed E-state index contributed by atoms with van der Waals surface area (Å²) in [5.74, 6) is 0. The maximum Gasteiger partial charge on any atom is 0.416 e. The second-order valence-electron chi connectivity index (χ2n) is 6.12. The van der Waals surface area contributed by atoms with Gasteiger partial charge in [0.2, 0.25) is 0 Å². The second kappa shape index (κ2) is 6.67. The van der Waals surface area contributed by atoms with Crippen LogP contribution in [0.5, 0.6) is 0 Å².